The van der Waals surface area contributed by atoms with Crippen molar-refractivity contribution in [3.8, 4) is 0 Å². The molecule has 2 aromatic carbocycles. The largest absolute Gasteiger partial charge is 0.459 e. The maximum absolute atomic E-state index is 13.2. The third-order valence-corrected chi connectivity index (χ3v) is 7.63. The lowest BCUT2D eigenvalue weighted by atomic mass is 10.1. The van der Waals surface area contributed by atoms with Gasteiger partial charge >= 0.3 is 18.2 Å². The van der Waals surface area contributed by atoms with Gasteiger partial charge in [0.05, 0.1) is 0 Å². The fourth-order valence-corrected chi connectivity index (χ4v) is 4.99. The number of hydrogen-bond acceptors (Lipinski definition) is 8. The lowest BCUT2D eigenvalue weighted by molar-refractivity contribution is -0.149. The van der Waals surface area contributed by atoms with Crippen LogP contribution >= 0.6 is 11.6 Å². The molecule has 1 heterocycles. The second kappa shape index (κ2) is 18.1. The maximum atomic E-state index is 13.2. The summed E-state index contributed by atoms with van der Waals surface area (Å²) in [5, 5.41) is 8.53. The number of carbonyl (C=O) groups excluding carboxylic acids is 5. The summed E-state index contributed by atoms with van der Waals surface area (Å²) in [6, 6.07) is 13.4. The Hall–Kier alpha value is -4.32. The van der Waals surface area contributed by atoms with Crippen molar-refractivity contribution in [1.82, 2.24) is 20.9 Å². The van der Waals surface area contributed by atoms with Gasteiger partial charge in [-0.05, 0) is 71.4 Å². The van der Waals surface area contributed by atoms with E-state index >= 15 is 0 Å². The maximum Gasteiger partial charge on any atom is 0.410 e. The van der Waals surface area contributed by atoms with Crippen LogP contribution in [0.15, 0.2) is 54.6 Å². The van der Waals surface area contributed by atoms with Crippen molar-refractivity contribution in [3.63, 3.8) is 0 Å². The van der Waals surface area contributed by atoms with E-state index in [4.69, 9.17) is 25.8 Å². The minimum atomic E-state index is -0.998. The topological polar surface area (TPSA) is 152 Å². The smallest absolute Gasteiger partial charge is 0.410 e. The highest BCUT2D eigenvalue weighted by Crippen LogP contribution is 2.21. The first-order chi connectivity index (χ1) is 22.3. The average molecular weight is 673 g/mol. The molecule has 0 aliphatic carbocycles. The van der Waals surface area contributed by atoms with Gasteiger partial charge in [-0.2, -0.15) is 0 Å². The molecule has 0 spiro atoms. The van der Waals surface area contributed by atoms with Gasteiger partial charge in [-0.15, -0.1) is 0 Å². The molecule has 1 aliphatic rings. The number of alkyl carbamates (subject to hydrolysis) is 1. The predicted octanol–water partition coefficient (Wildman–Crippen LogP) is 4.87. The van der Waals surface area contributed by atoms with Crippen LogP contribution < -0.4 is 16.0 Å². The van der Waals surface area contributed by atoms with Crippen LogP contribution in [0.2, 0.25) is 5.02 Å². The Morgan fingerprint density at radius 2 is 1.64 bits per heavy atom. The molecule has 4 amide bonds. The van der Waals surface area contributed by atoms with Crippen molar-refractivity contribution < 1.29 is 38.2 Å². The monoisotopic (exact) mass is 672 g/mol. The van der Waals surface area contributed by atoms with Crippen molar-refractivity contribution >= 4 is 41.6 Å². The molecule has 3 rings (SSSR count). The van der Waals surface area contributed by atoms with Gasteiger partial charge in [-0.1, -0.05) is 60.1 Å². The first kappa shape index (κ1) is 37.1. The highest BCUT2D eigenvalue weighted by molar-refractivity contribution is 6.31. The van der Waals surface area contributed by atoms with Crippen LogP contribution in [-0.4, -0.2) is 71.7 Å². The SMILES string of the molecule is C[C@H](NC(=O)[C@@H]1CCCN1C(=O)OC(C)(C)C)C(=O)N[C@@H](CCCCNC(=O)OCc1ccccc1Cl)C(=O)OCc1ccccc1. The Morgan fingerprint density at radius 3 is 2.34 bits per heavy atom. The Labute approximate surface area is 280 Å². The molecular formula is C34H45ClN4O8. The van der Waals surface area contributed by atoms with E-state index in [-0.39, 0.29) is 26.2 Å². The van der Waals surface area contributed by atoms with Gasteiger partial charge in [0.1, 0.15) is 36.9 Å². The van der Waals surface area contributed by atoms with Gasteiger partial charge < -0.3 is 30.2 Å². The first-order valence-corrected chi connectivity index (χ1v) is 16.2. The number of likely N-dealkylation sites (tertiary alicyclic amines) is 1. The number of unbranched alkanes of at least 4 members (excludes halogenated alkanes) is 1. The zero-order valence-electron chi connectivity index (χ0n) is 27.4. The predicted molar refractivity (Wildman–Crippen MR) is 175 cm³/mol. The molecule has 1 fully saturated rings. The minimum Gasteiger partial charge on any atom is -0.459 e. The molecular weight excluding hydrogens is 628 g/mol. The third kappa shape index (κ3) is 12.8. The average Bonchev–Trinajstić information content (AvgIpc) is 3.53. The molecule has 256 valence electrons. The van der Waals surface area contributed by atoms with Gasteiger partial charge in [0.25, 0.3) is 0 Å². The van der Waals surface area contributed by atoms with E-state index in [1.807, 2.05) is 30.3 Å². The number of nitrogens with zero attached hydrogens (tertiary/aromatic N) is 1. The van der Waals surface area contributed by atoms with Crippen LogP contribution in [0.1, 0.15) is 70.9 Å². The van der Waals surface area contributed by atoms with Crippen molar-refractivity contribution in [2.45, 2.75) is 96.7 Å². The van der Waals surface area contributed by atoms with Gasteiger partial charge in [0, 0.05) is 23.7 Å². The number of hydrogen-bond donors (Lipinski definition) is 3. The molecule has 2 aromatic rings. The molecule has 1 saturated heterocycles. The highest BCUT2D eigenvalue weighted by atomic mass is 35.5. The highest BCUT2D eigenvalue weighted by Gasteiger charge is 2.37. The van der Waals surface area contributed by atoms with Gasteiger partial charge in [-0.25, -0.2) is 14.4 Å². The van der Waals surface area contributed by atoms with Crippen molar-refractivity contribution in [3.05, 3.63) is 70.7 Å². The van der Waals surface area contributed by atoms with E-state index in [2.05, 4.69) is 16.0 Å². The van der Waals surface area contributed by atoms with Gasteiger partial charge in [0.2, 0.25) is 11.8 Å². The standard InChI is InChI=1S/C34H45ClN4O8/c1-23(37-30(41)28-18-12-20-39(28)33(44)47-34(2,3)4)29(40)38-27(31(42)45-21-24-13-6-5-7-14-24)17-10-11-19-36-32(43)46-22-25-15-8-9-16-26(25)35/h5-9,13-16,23,27-28H,10-12,17-22H2,1-4H3,(H,36,43)(H,37,41)(H,38,40)/t23-,27-,28-/m0/s1. The molecule has 0 saturated carbocycles. The summed E-state index contributed by atoms with van der Waals surface area (Å²) >= 11 is 6.09. The summed E-state index contributed by atoms with van der Waals surface area (Å²) in [5.41, 5.74) is 0.761. The Morgan fingerprint density at radius 1 is 0.936 bits per heavy atom. The molecule has 0 aromatic heterocycles. The van der Waals surface area contributed by atoms with E-state index in [0.29, 0.717) is 42.8 Å². The van der Waals surface area contributed by atoms with Crippen molar-refractivity contribution in [2.75, 3.05) is 13.1 Å². The van der Waals surface area contributed by atoms with E-state index in [0.717, 1.165) is 5.56 Å². The van der Waals surface area contributed by atoms with E-state index in [1.165, 1.54) is 11.8 Å². The Kier molecular flexibility index (Phi) is 14.3. The summed E-state index contributed by atoms with van der Waals surface area (Å²) in [5.74, 6) is -1.69. The molecule has 1 aliphatic heterocycles. The Bertz CT molecular complexity index is 1370. The van der Waals surface area contributed by atoms with Crippen molar-refractivity contribution in [1.29, 1.82) is 0 Å². The van der Waals surface area contributed by atoms with E-state index in [9.17, 15) is 24.0 Å². The normalized spacial score (nSPS) is 15.6. The molecule has 3 atom stereocenters. The number of amides is 4. The van der Waals surface area contributed by atoms with Crippen LogP contribution in [0.4, 0.5) is 9.59 Å². The number of halogens is 1. The fraction of sp³-hybridized carbons (Fsp3) is 0.500. The zero-order chi connectivity index (χ0) is 34.4. The quantitative estimate of drug-likeness (QED) is 0.146. The number of benzene rings is 2. The summed E-state index contributed by atoms with van der Waals surface area (Å²) in [6.45, 7) is 7.46. The van der Waals surface area contributed by atoms with Gasteiger partial charge in [-0.3, -0.25) is 14.5 Å². The van der Waals surface area contributed by atoms with E-state index in [1.54, 1.807) is 45.0 Å². The lowest BCUT2D eigenvalue weighted by Crippen LogP contribution is -2.54. The van der Waals surface area contributed by atoms with Crippen molar-refractivity contribution in [2.24, 2.45) is 0 Å². The molecule has 3 N–H and O–H groups in total. The zero-order valence-corrected chi connectivity index (χ0v) is 28.1. The summed E-state index contributed by atoms with van der Waals surface area (Å²) < 4.78 is 16.1. The molecule has 0 unspecified atom stereocenters. The van der Waals surface area contributed by atoms with Crippen LogP contribution in [0, 0.1) is 0 Å². The Balaban J connectivity index is 1.51. The number of nitrogens with one attached hydrogen (secondary N) is 3. The fourth-order valence-electron chi connectivity index (χ4n) is 4.80. The summed E-state index contributed by atoms with van der Waals surface area (Å²) in [4.78, 5) is 65.4. The molecule has 12 nitrogen and oxygen atoms in total. The minimum absolute atomic E-state index is 0.0271. The van der Waals surface area contributed by atoms with Crippen LogP contribution in [0.3, 0.4) is 0 Å². The molecule has 47 heavy (non-hydrogen) atoms. The molecule has 0 bridgehead atoms. The van der Waals surface area contributed by atoms with Gasteiger partial charge in [0.15, 0.2) is 0 Å². The summed E-state index contributed by atoms with van der Waals surface area (Å²) in [7, 11) is 0. The van der Waals surface area contributed by atoms with Crippen LogP contribution in [0.25, 0.3) is 0 Å². The number of esters is 1. The number of carbonyl (C=O) groups is 5. The van der Waals surface area contributed by atoms with Crippen LogP contribution in [0.5, 0.6) is 0 Å². The van der Waals surface area contributed by atoms with E-state index < -0.39 is 53.7 Å². The molecule has 0 radical (unpaired) electrons. The number of rotatable bonds is 14. The first-order valence-electron chi connectivity index (χ1n) is 15.8. The third-order valence-electron chi connectivity index (χ3n) is 7.27. The lowest BCUT2D eigenvalue weighted by Gasteiger charge is -2.28. The summed E-state index contributed by atoms with van der Waals surface area (Å²) in [6.07, 6.45) is 1.06. The number of ether oxygens (including phenoxy) is 3. The molecule has 13 heteroatoms. The second-order valence-corrected chi connectivity index (χ2v) is 12.7. The van der Waals surface area contributed by atoms with Crippen LogP contribution in [-0.2, 0) is 41.8 Å². The second-order valence-electron chi connectivity index (χ2n) is 12.3.